The van der Waals surface area contributed by atoms with Crippen molar-refractivity contribution in [3.8, 4) is 0 Å². The summed E-state index contributed by atoms with van der Waals surface area (Å²) in [4.78, 5) is 17.0. The van der Waals surface area contributed by atoms with Gasteiger partial charge in [-0.15, -0.1) is 0 Å². The Kier molecular flexibility index (Phi) is 3.75. The maximum Gasteiger partial charge on any atom is 0.255 e. The van der Waals surface area contributed by atoms with Crippen molar-refractivity contribution < 1.29 is 4.79 Å². The number of rotatable bonds is 2. The highest BCUT2D eigenvalue weighted by Crippen LogP contribution is 2.26. The van der Waals surface area contributed by atoms with Gasteiger partial charge in [-0.05, 0) is 42.5 Å². The molecule has 3 aromatic rings. The number of hydrogen-bond acceptors (Lipinski definition) is 3. The summed E-state index contributed by atoms with van der Waals surface area (Å²) < 4.78 is 2.26. The van der Waals surface area contributed by atoms with Gasteiger partial charge >= 0.3 is 0 Å². The smallest absolute Gasteiger partial charge is 0.255 e. The van der Waals surface area contributed by atoms with Crippen LogP contribution in [0.4, 0.5) is 5.69 Å². The average Bonchev–Trinajstić information content (AvgIpc) is 2.93. The van der Waals surface area contributed by atoms with Crippen LogP contribution < -0.4 is 5.32 Å². The monoisotopic (exact) mass is 343 g/mol. The maximum atomic E-state index is 12.3. The number of nitrogens with zero attached hydrogens (tertiary/aromatic N) is 2. The largest absolute Gasteiger partial charge is 0.326 e. The van der Waals surface area contributed by atoms with E-state index in [-0.39, 0.29) is 5.91 Å². The molecular weight excluding hydrogens is 330 g/mol. The van der Waals surface area contributed by atoms with Crippen molar-refractivity contribution in [2.75, 3.05) is 11.1 Å². The lowest BCUT2D eigenvalue weighted by molar-refractivity contribution is 0.102. The molecule has 116 valence electrons. The topological polar surface area (TPSA) is 46.9 Å². The van der Waals surface area contributed by atoms with E-state index in [1.807, 2.05) is 30.0 Å². The third kappa shape index (κ3) is 2.82. The highest BCUT2D eigenvalue weighted by Gasteiger charge is 2.15. The Hall–Kier alpha value is -1.98. The normalized spacial score (nSPS) is 13.8. The SMILES string of the molecule is O=C(Nc1ccc2c(c1)nc1n2CCSC1)c1ccc(Cl)cc1. The zero-order valence-electron chi connectivity index (χ0n) is 12.3. The first-order valence-corrected chi connectivity index (χ1v) is 8.88. The molecule has 23 heavy (non-hydrogen) atoms. The third-order valence-corrected chi connectivity index (χ3v) is 5.07. The van der Waals surface area contributed by atoms with E-state index < -0.39 is 0 Å². The number of imidazole rings is 1. The minimum Gasteiger partial charge on any atom is -0.326 e. The van der Waals surface area contributed by atoms with Crippen LogP contribution in [0.25, 0.3) is 11.0 Å². The number of amides is 1. The second-order valence-electron chi connectivity index (χ2n) is 5.40. The van der Waals surface area contributed by atoms with Crippen LogP contribution in [-0.2, 0) is 12.3 Å². The van der Waals surface area contributed by atoms with Crippen molar-refractivity contribution in [2.45, 2.75) is 12.3 Å². The Morgan fingerprint density at radius 2 is 2.04 bits per heavy atom. The predicted molar refractivity (Wildman–Crippen MR) is 95.3 cm³/mol. The van der Waals surface area contributed by atoms with Crippen LogP contribution in [0.5, 0.6) is 0 Å². The summed E-state index contributed by atoms with van der Waals surface area (Å²) in [5.74, 6) is 3.02. The highest BCUT2D eigenvalue weighted by molar-refractivity contribution is 7.98. The zero-order valence-corrected chi connectivity index (χ0v) is 13.8. The molecule has 1 N–H and O–H groups in total. The number of thioether (sulfide) groups is 1. The van der Waals surface area contributed by atoms with E-state index in [1.165, 1.54) is 0 Å². The van der Waals surface area contributed by atoms with Crippen LogP contribution in [0, 0.1) is 0 Å². The number of nitrogens with one attached hydrogen (secondary N) is 1. The summed E-state index contributed by atoms with van der Waals surface area (Å²) in [7, 11) is 0. The van der Waals surface area contributed by atoms with E-state index in [4.69, 9.17) is 11.6 Å². The molecule has 2 aromatic carbocycles. The summed E-state index contributed by atoms with van der Waals surface area (Å²) in [5, 5.41) is 3.53. The van der Waals surface area contributed by atoms with Crippen molar-refractivity contribution in [2.24, 2.45) is 0 Å². The lowest BCUT2D eigenvalue weighted by Gasteiger charge is -2.13. The van der Waals surface area contributed by atoms with Crippen LogP contribution >= 0.6 is 23.4 Å². The van der Waals surface area contributed by atoms with Crippen LogP contribution in [0.2, 0.25) is 5.02 Å². The third-order valence-electron chi connectivity index (χ3n) is 3.88. The number of halogens is 1. The van der Waals surface area contributed by atoms with Gasteiger partial charge in [0.1, 0.15) is 5.82 Å². The first-order chi connectivity index (χ1) is 11.2. The maximum absolute atomic E-state index is 12.3. The molecule has 0 spiro atoms. The molecule has 0 fully saturated rings. The van der Waals surface area contributed by atoms with Gasteiger partial charge in [0.05, 0.1) is 16.8 Å². The van der Waals surface area contributed by atoms with Gasteiger partial charge in [0.25, 0.3) is 5.91 Å². The van der Waals surface area contributed by atoms with Gasteiger partial charge in [-0.3, -0.25) is 4.79 Å². The molecular formula is C17H14ClN3OS. The summed E-state index contributed by atoms with van der Waals surface area (Å²) in [5.41, 5.74) is 3.39. The molecule has 1 aliphatic heterocycles. The van der Waals surface area contributed by atoms with Crippen LogP contribution in [0.15, 0.2) is 42.5 Å². The standard InChI is InChI=1S/C17H14ClN3OS/c18-12-3-1-11(2-4-12)17(22)19-13-5-6-15-14(9-13)20-16-10-23-8-7-21(15)16/h1-6,9H,7-8,10H2,(H,19,22). The van der Waals surface area contributed by atoms with E-state index in [0.717, 1.165) is 40.6 Å². The fourth-order valence-electron chi connectivity index (χ4n) is 2.74. The minimum absolute atomic E-state index is 0.152. The second kappa shape index (κ2) is 5.91. The van der Waals surface area contributed by atoms with Crippen molar-refractivity contribution in [3.05, 3.63) is 58.9 Å². The highest BCUT2D eigenvalue weighted by atomic mass is 35.5. The van der Waals surface area contributed by atoms with Gasteiger partial charge in [-0.25, -0.2) is 4.98 Å². The summed E-state index contributed by atoms with van der Waals surface area (Å²) in [6.07, 6.45) is 0. The molecule has 1 aromatic heterocycles. The molecule has 0 atom stereocenters. The van der Waals surface area contributed by atoms with Crippen LogP contribution in [-0.4, -0.2) is 21.2 Å². The van der Waals surface area contributed by atoms with Crippen molar-refractivity contribution in [3.63, 3.8) is 0 Å². The molecule has 1 amide bonds. The Labute approximate surface area is 142 Å². The molecule has 0 radical (unpaired) electrons. The second-order valence-corrected chi connectivity index (χ2v) is 6.94. The van der Waals surface area contributed by atoms with Gasteiger partial charge < -0.3 is 9.88 Å². The van der Waals surface area contributed by atoms with E-state index in [9.17, 15) is 4.79 Å². The number of anilines is 1. The van der Waals surface area contributed by atoms with Gasteiger partial charge in [0.2, 0.25) is 0 Å². The van der Waals surface area contributed by atoms with Gasteiger partial charge in [-0.1, -0.05) is 11.6 Å². The average molecular weight is 344 g/mol. The first-order valence-electron chi connectivity index (χ1n) is 7.34. The number of fused-ring (bicyclic) bond motifs is 3. The number of aromatic nitrogens is 2. The van der Waals surface area contributed by atoms with Crippen LogP contribution in [0.3, 0.4) is 0 Å². The lowest BCUT2D eigenvalue weighted by atomic mass is 10.2. The number of benzene rings is 2. The molecule has 0 saturated heterocycles. The fraction of sp³-hybridized carbons (Fsp3) is 0.176. The molecule has 0 aliphatic carbocycles. The summed E-state index contributed by atoms with van der Waals surface area (Å²) in [6, 6.07) is 12.7. The Morgan fingerprint density at radius 1 is 1.22 bits per heavy atom. The molecule has 0 saturated carbocycles. The van der Waals surface area contributed by atoms with Crippen molar-refractivity contribution >= 4 is 46.0 Å². The number of hydrogen-bond donors (Lipinski definition) is 1. The molecule has 2 heterocycles. The van der Waals surface area contributed by atoms with Gasteiger partial charge in [0, 0.05) is 28.6 Å². The summed E-state index contributed by atoms with van der Waals surface area (Å²) >= 11 is 7.75. The first kappa shape index (κ1) is 14.6. The Balaban J connectivity index is 1.62. The Morgan fingerprint density at radius 3 is 2.87 bits per heavy atom. The minimum atomic E-state index is -0.152. The molecule has 4 rings (SSSR count). The molecule has 0 bridgehead atoms. The van der Waals surface area contributed by atoms with E-state index in [2.05, 4.69) is 14.9 Å². The number of aryl methyl sites for hydroxylation is 1. The van der Waals surface area contributed by atoms with Gasteiger partial charge in [0.15, 0.2) is 0 Å². The predicted octanol–water partition coefficient (Wildman–Crippen LogP) is 4.19. The van der Waals surface area contributed by atoms with Crippen LogP contribution in [0.1, 0.15) is 16.2 Å². The molecule has 4 nitrogen and oxygen atoms in total. The molecule has 0 unspecified atom stereocenters. The van der Waals surface area contributed by atoms with E-state index in [0.29, 0.717) is 10.6 Å². The molecule has 1 aliphatic rings. The number of carbonyl (C=O) groups excluding carboxylic acids is 1. The van der Waals surface area contributed by atoms with Crippen molar-refractivity contribution in [1.29, 1.82) is 0 Å². The number of carbonyl (C=O) groups is 1. The van der Waals surface area contributed by atoms with Gasteiger partial charge in [-0.2, -0.15) is 11.8 Å². The Bertz CT molecular complexity index is 889. The van der Waals surface area contributed by atoms with E-state index >= 15 is 0 Å². The van der Waals surface area contributed by atoms with E-state index in [1.54, 1.807) is 24.3 Å². The lowest BCUT2D eigenvalue weighted by Crippen LogP contribution is -2.11. The molecule has 6 heteroatoms. The summed E-state index contributed by atoms with van der Waals surface area (Å²) in [6.45, 7) is 0.993. The fourth-order valence-corrected chi connectivity index (χ4v) is 3.73. The zero-order chi connectivity index (χ0) is 15.8. The van der Waals surface area contributed by atoms with Crippen molar-refractivity contribution in [1.82, 2.24) is 9.55 Å². The quantitative estimate of drug-likeness (QED) is 0.759.